The molecule has 0 aliphatic carbocycles. The minimum Gasteiger partial charge on any atom is -0.481 e. The highest BCUT2D eigenvalue weighted by molar-refractivity contribution is 14.1. The molecule has 0 aliphatic rings. The van der Waals surface area contributed by atoms with E-state index < -0.39 is 11.4 Å². The Bertz CT molecular complexity index is 1080. The van der Waals surface area contributed by atoms with Crippen molar-refractivity contribution in [2.24, 2.45) is 5.41 Å². The second-order valence-corrected chi connectivity index (χ2v) is 9.92. The van der Waals surface area contributed by atoms with E-state index in [1.54, 1.807) is 20.8 Å². The molecule has 0 saturated heterocycles. The highest BCUT2D eigenvalue weighted by Crippen LogP contribution is 2.35. The maximum Gasteiger partial charge on any atom is 0.304 e. The molecule has 0 spiro atoms. The fourth-order valence-electron chi connectivity index (χ4n) is 3.31. The molecule has 0 saturated carbocycles. The first-order valence-electron chi connectivity index (χ1n) is 10.7. The van der Waals surface area contributed by atoms with E-state index >= 15 is 0 Å². The van der Waals surface area contributed by atoms with E-state index in [0.717, 1.165) is 5.56 Å². The number of benzene rings is 1. The van der Waals surface area contributed by atoms with Crippen molar-refractivity contribution in [3.05, 3.63) is 57.0 Å². The maximum absolute atomic E-state index is 12.4. The Kier molecular flexibility index (Phi) is 8.41. The summed E-state index contributed by atoms with van der Waals surface area (Å²) in [5.74, 6) is -0.919. The molecular formula is C24H27IN2O6. The van der Waals surface area contributed by atoms with Crippen LogP contribution in [0.25, 0.3) is 11.5 Å². The topological polar surface area (TPSA) is 116 Å². The maximum atomic E-state index is 12.4. The Morgan fingerprint density at radius 3 is 2.55 bits per heavy atom. The van der Waals surface area contributed by atoms with Crippen molar-refractivity contribution in [3.63, 3.8) is 0 Å². The first kappa shape index (κ1) is 25.1. The fraction of sp³-hybridized carbons (Fsp3) is 0.417. The Hall–Kier alpha value is -2.53. The predicted octanol–water partition coefficient (Wildman–Crippen LogP) is 5.72. The highest BCUT2D eigenvalue weighted by Gasteiger charge is 2.30. The van der Waals surface area contributed by atoms with Crippen molar-refractivity contribution in [1.29, 1.82) is 0 Å². The van der Waals surface area contributed by atoms with Gasteiger partial charge in [-0.1, -0.05) is 61.4 Å². The molecule has 0 aliphatic heterocycles. The molecular weight excluding hydrogens is 539 g/mol. The van der Waals surface area contributed by atoms with Crippen LogP contribution in [0.5, 0.6) is 0 Å². The predicted molar refractivity (Wildman–Crippen MR) is 129 cm³/mol. The van der Waals surface area contributed by atoms with Crippen molar-refractivity contribution in [3.8, 4) is 11.5 Å². The first-order chi connectivity index (χ1) is 15.7. The molecule has 33 heavy (non-hydrogen) atoms. The van der Waals surface area contributed by atoms with Gasteiger partial charge in [-0.25, -0.2) is 0 Å². The number of hydrogen-bond acceptors (Lipinski definition) is 7. The molecule has 1 atom stereocenters. The third-order valence-corrected chi connectivity index (χ3v) is 6.11. The summed E-state index contributed by atoms with van der Waals surface area (Å²) in [7, 11) is 0. The minimum atomic E-state index is -0.912. The van der Waals surface area contributed by atoms with E-state index in [1.807, 2.05) is 30.3 Å². The summed E-state index contributed by atoms with van der Waals surface area (Å²) in [5, 5.41) is 17.5. The number of halogens is 1. The Balaban J connectivity index is 1.67. The molecule has 3 aromatic rings. The van der Waals surface area contributed by atoms with Gasteiger partial charge >= 0.3 is 5.97 Å². The van der Waals surface area contributed by atoms with Crippen LogP contribution in [0.15, 0.2) is 45.4 Å². The number of aromatic nitrogens is 2. The van der Waals surface area contributed by atoms with Gasteiger partial charge in [-0.05, 0) is 41.0 Å². The van der Waals surface area contributed by atoms with Gasteiger partial charge in [-0.3, -0.25) is 9.59 Å². The summed E-state index contributed by atoms with van der Waals surface area (Å²) in [6.45, 7) is 6.42. The van der Waals surface area contributed by atoms with Crippen LogP contribution in [0, 0.1) is 8.99 Å². The molecule has 8 nitrogen and oxygen atoms in total. The summed E-state index contributed by atoms with van der Waals surface area (Å²) in [6.07, 6.45) is 1.18. The molecule has 0 bridgehead atoms. The lowest BCUT2D eigenvalue weighted by Gasteiger charge is -2.13. The van der Waals surface area contributed by atoms with Crippen LogP contribution in [-0.4, -0.2) is 33.8 Å². The number of nitrogens with zero attached hydrogens (tertiary/aromatic N) is 2. The van der Waals surface area contributed by atoms with Gasteiger partial charge in [0.2, 0.25) is 17.3 Å². The summed E-state index contributed by atoms with van der Waals surface area (Å²) in [4.78, 5) is 23.9. The summed E-state index contributed by atoms with van der Waals surface area (Å²) in [6, 6.07) is 11.4. The lowest BCUT2D eigenvalue weighted by molar-refractivity contribution is -0.137. The average Bonchev–Trinajstić information content (AvgIpc) is 3.38. The van der Waals surface area contributed by atoms with E-state index in [4.69, 9.17) is 13.8 Å². The van der Waals surface area contributed by atoms with Crippen LogP contribution in [0.2, 0.25) is 0 Å². The quantitative estimate of drug-likeness (QED) is 0.178. The normalized spacial score (nSPS) is 12.6. The van der Waals surface area contributed by atoms with Crippen LogP contribution in [-0.2, 0) is 16.1 Å². The third-order valence-electron chi connectivity index (χ3n) is 5.07. The van der Waals surface area contributed by atoms with Gasteiger partial charge in [0.1, 0.15) is 5.69 Å². The molecule has 0 fully saturated rings. The lowest BCUT2D eigenvalue weighted by atomic mass is 9.89. The number of ketones is 1. The Morgan fingerprint density at radius 2 is 1.88 bits per heavy atom. The monoisotopic (exact) mass is 566 g/mol. The zero-order valence-electron chi connectivity index (χ0n) is 18.8. The molecule has 9 heteroatoms. The van der Waals surface area contributed by atoms with Crippen molar-refractivity contribution in [1.82, 2.24) is 10.3 Å². The summed E-state index contributed by atoms with van der Waals surface area (Å²) in [5.41, 5.74) is 1.40. The first-order valence-corrected chi connectivity index (χ1v) is 11.7. The van der Waals surface area contributed by atoms with Crippen LogP contribution in [0.3, 0.4) is 0 Å². The van der Waals surface area contributed by atoms with Crippen LogP contribution in [0.1, 0.15) is 67.8 Å². The van der Waals surface area contributed by atoms with Gasteiger partial charge in [-0.15, -0.1) is 0 Å². The molecule has 0 amide bonds. The van der Waals surface area contributed by atoms with Crippen molar-refractivity contribution >= 4 is 34.3 Å². The number of aliphatic carboxylic acids is 1. The smallest absolute Gasteiger partial charge is 0.304 e. The largest absolute Gasteiger partial charge is 0.481 e. The van der Waals surface area contributed by atoms with Gasteiger partial charge in [0.15, 0.2) is 5.69 Å². The van der Waals surface area contributed by atoms with Crippen LogP contribution >= 0.6 is 22.6 Å². The number of carboxylic acids is 1. The van der Waals surface area contributed by atoms with Crippen molar-refractivity contribution in [2.75, 3.05) is 6.61 Å². The Morgan fingerprint density at radius 1 is 1.15 bits per heavy atom. The third kappa shape index (κ3) is 6.73. The lowest BCUT2D eigenvalue weighted by Crippen LogP contribution is -2.19. The average molecular weight is 566 g/mol. The standard InChI is InChI=1S/C24H27IN2O6/c1-24(2,3)23(30)18-13-17(26-32-18)22-20(25)21(27-33-22)16(12-19(28)29)10-7-11-31-14-15-8-5-4-6-9-15/h4-6,8-9,13,16H,7,10-12,14H2,1-3H3,(H,28,29)/t16-/m0/s1. The molecule has 2 heterocycles. The van der Waals surface area contributed by atoms with E-state index in [2.05, 4.69) is 32.9 Å². The van der Waals surface area contributed by atoms with E-state index in [1.165, 1.54) is 6.07 Å². The number of hydrogen-bond donors (Lipinski definition) is 1. The van der Waals surface area contributed by atoms with E-state index in [9.17, 15) is 14.7 Å². The molecule has 0 unspecified atom stereocenters. The number of ether oxygens (including phenoxy) is 1. The number of carboxylic acid groups (broad SMARTS) is 1. The van der Waals surface area contributed by atoms with Gasteiger partial charge in [0.25, 0.3) is 0 Å². The second kappa shape index (κ2) is 11.1. The SMILES string of the molecule is CC(C)(C)C(=O)c1cc(-c2onc([C@@H](CCCOCc3ccccc3)CC(=O)O)c2I)no1. The summed E-state index contributed by atoms with van der Waals surface area (Å²) < 4.78 is 17.1. The van der Waals surface area contributed by atoms with Gasteiger partial charge in [-0.2, -0.15) is 0 Å². The second-order valence-electron chi connectivity index (χ2n) is 8.84. The number of carbonyl (C=O) groups excluding carboxylic acids is 1. The zero-order chi connectivity index (χ0) is 24.0. The number of carbonyl (C=O) groups is 2. The van der Waals surface area contributed by atoms with Gasteiger partial charge < -0.3 is 18.9 Å². The molecule has 0 radical (unpaired) electrons. The van der Waals surface area contributed by atoms with Gasteiger partial charge in [0.05, 0.1) is 16.6 Å². The van der Waals surface area contributed by atoms with Crippen LogP contribution in [0.4, 0.5) is 0 Å². The van der Waals surface area contributed by atoms with Gasteiger partial charge in [0, 0.05) is 24.0 Å². The highest BCUT2D eigenvalue weighted by atomic mass is 127. The van der Waals surface area contributed by atoms with Crippen LogP contribution < -0.4 is 0 Å². The van der Waals surface area contributed by atoms with Crippen molar-refractivity contribution < 1.29 is 28.5 Å². The number of rotatable bonds is 11. The summed E-state index contributed by atoms with van der Waals surface area (Å²) >= 11 is 2.07. The molecule has 2 aromatic heterocycles. The molecule has 176 valence electrons. The number of Topliss-reactive ketones (excluding diaryl/α,β-unsaturated/α-hetero) is 1. The minimum absolute atomic E-state index is 0.0762. The fourth-order valence-corrected chi connectivity index (χ4v) is 4.22. The molecule has 3 rings (SSSR count). The van der Waals surface area contributed by atoms with Crippen molar-refractivity contribution in [2.45, 2.75) is 52.6 Å². The van der Waals surface area contributed by atoms with E-state index in [0.29, 0.717) is 46.8 Å². The molecule has 1 aromatic carbocycles. The molecule has 1 N–H and O–H groups in total. The Labute approximate surface area is 205 Å². The van der Waals surface area contributed by atoms with E-state index in [-0.39, 0.29) is 23.9 Å². The zero-order valence-corrected chi connectivity index (χ0v) is 21.0.